The molecule has 1 fully saturated rings. The molecule has 0 aromatic heterocycles. The lowest BCUT2D eigenvalue weighted by atomic mass is 9.71. The number of benzene rings is 1. The molecule has 1 saturated carbocycles. The molecule has 94 valence electrons. The van der Waals surface area contributed by atoms with E-state index in [1.807, 2.05) is 0 Å². The van der Waals surface area contributed by atoms with Crippen molar-refractivity contribution >= 4 is 0 Å². The van der Waals surface area contributed by atoms with Crippen LogP contribution in [0, 0.1) is 5.92 Å². The standard InChI is InChI=1S/C18H22/c1-3-11-17(12-4-1)18(13-7-2-8-14-18)15-16-9-5-6-10-16/h1,3-4,7-8,11-14,16H,2,5-6,9-10,15H2. The minimum absolute atomic E-state index is 0.175. The second-order valence-corrected chi connectivity index (χ2v) is 5.80. The molecule has 0 nitrogen and oxygen atoms in total. The minimum Gasteiger partial charge on any atom is -0.0836 e. The van der Waals surface area contributed by atoms with Crippen LogP contribution in [0.4, 0.5) is 0 Å². The molecule has 0 radical (unpaired) electrons. The molecule has 1 aromatic carbocycles. The SMILES string of the molecule is C1=CC(CC2CCCC2)(c2ccccc2)C=CC1. The molecular weight excluding hydrogens is 216 g/mol. The van der Waals surface area contributed by atoms with E-state index in [1.165, 1.54) is 37.7 Å². The van der Waals surface area contributed by atoms with E-state index in [0.29, 0.717) is 0 Å². The summed E-state index contributed by atoms with van der Waals surface area (Å²) in [5.74, 6) is 0.914. The summed E-state index contributed by atoms with van der Waals surface area (Å²) in [6.07, 6.45) is 17.7. The third-order valence-electron chi connectivity index (χ3n) is 4.52. The molecule has 1 aromatic rings. The first-order valence-electron chi connectivity index (χ1n) is 7.30. The largest absolute Gasteiger partial charge is 0.0836 e. The van der Waals surface area contributed by atoms with Gasteiger partial charge in [0, 0.05) is 5.41 Å². The molecule has 0 N–H and O–H groups in total. The van der Waals surface area contributed by atoms with Crippen LogP contribution in [-0.4, -0.2) is 0 Å². The molecule has 2 aliphatic carbocycles. The van der Waals surface area contributed by atoms with Crippen LogP contribution >= 0.6 is 0 Å². The molecule has 3 rings (SSSR count). The molecule has 0 atom stereocenters. The van der Waals surface area contributed by atoms with Crippen LogP contribution in [0.5, 0.6) is 0 Å². The molecule has 0 saturated heterocycles. The van der Waals surface area contributed by atoms with Gasteiger partial charge in [-0.15, -0.1) is 0 Å². The zero-order valence-corrected chi connectivity index (χ0v) is 11.0. The second-order valence-electron chi connectivity index (χ2n) is 5.80. The summed E-state index contributed by atoms with van der Waals surface area (Å²) in [5, 5.41) is 0. The lowest BCUT2D eigenvalue weighted by molar-refractivity contribution is 0.423. The third kappa shape index (κ3) is 2.29. The Morgan fingerprint density at radius 3 is 2.28 bits per heavy atom. The molecule has 0 heteroatoms. The predicted molar refractivity (Wildman–Crippen MR) is 77.6 cm³/mol. The number of allylic oxidation sites excluding steroid dienone is 4. The Balaban J connectivity index is 1.91. The average molecular weight is 238 g/mol. The Labute approximate surface area is 110 Å². The highest BCUT2D eigenvalue weighted by molar-refractivity contribution is 5.39. The summed E-state index contributed by atoms with van der Waals surface area (Å²) in [6.45, 7) is 0. The average Bonchev–Trinajstić information content (AvgIpc) is 2.94. The zero-order chi connectivity index (χ0) is 12.3. The van der Waals surface area contributed by atoms with Crippen molar-refractivity contribution in [3.8, 4) is 0 Å². The molecular formula is C18H22. The van der Waals surface area contributed by atoms with Gasteiger partial charge >= 0.3 is 0 Å². The summed E-state index contributed by atoms with van der Waals surface area (Å²) < 4.78 is 0. The Morgan fingerprint density at radius 2 is 1.61 bits per heavy atom. The Bertz CT molecular complexity index is 420. The van der Waals surface area contributed by atoms with Gasteiger partial charge < -0.3 is 0 Å². The summed E-state index contributed by atoms with van der Waals surface area (Å²) in [4.78, 5) is 0. The lowest BCUT2D eigenvalue weighted by Gasteiger charge is -2.32. The Morgan fingerprint density at radius 1 is 0.944 bits per heavy atom. The van der Waals surface area contributed by atoms with Crippen molar-refractivity contribution in [2.45, 2.75) is 43.9 Å². The van der Waals surface area contributed by atoms with Crippen LogP contribution in [0.2, 0.25) is 0 Å². The fraction of sp³-hybridized carbons (Fsp3) is 0.444. The summed E-state index contributed by atoms with van der Waals surface area (Å²) in [7, 11) is 0. The molecule has 0 bridgehead atoms. The normalized spacial score (nSPS) is 22.4. The quantitative estimate of drug-likeness (QED) is 0.648. The first kappa shape index (κ1) is 11.8. The van der Waals surface area contributed by atoms with Crippen molar-refractivity contribution in [1.82, 2.24) is 0 Å². The van der Waals surface area contributed by atoms with Gasteiger partial charge in [0.2, 0.25) is 0 Å². The molecule has 0 spiro atoms. The van der Waals surface area contributed by atoms with E-state index < -0.39 is 0 Å². The van der Waals surface area contributed by atoms with Gasteiger partial charge in [-0.05, 0) is 24.3 Å². The van der Waals surface area contributed by atoms with E-state index in [2.05, 4.69) is 54.6 Å². The van der Waals surface area contributed by atoms with Gasteiger partial charge in [0.15, 0.2) is 0 Å². The highest BCUT2D eigenvalue weighted by Gasteiger charge is 2.31. The van der Waals surface area contributed by atoms with Crippen molar-refractivity contribution in [2.24, 2.45) is 5.92 Å². The van der Waals surface area contributed by atoms with Gasteiger partial charge in [-0.1, -0.05) is 80.3 Å². The molecule has 0 heterocycles. The van der Waals surface area contributed by atoms with Gasteiger partial charge in [0.25, 0.3) is 0 Å². The second kappa shape index (κ2) is 5.14. The van der Waals surface area contributed by atoms with Crippen molar-refractivity contribution < 1.29 is 0 Å². The van der Waals surface area contributed by atoms with E-state index in [1.54, 1.807) is 0 Å². The predicted octanol–water partition coefficient (Wildman–Crippen LogP) is 5.02. The van der Waals surface area contributed by atoms with Gasteiger partial charge in [-0.2, -0.15) is 0 Å². The maximum Gasteiger partial charge on any atom is 0.0314 e. The number of hydrogen-bond acceptors (Lipinski definition) is 0. The minimum atomic E-state index is 0.175. The monoisotopic (exact) mass is 238 g/mol. The molecule has 0 unspecified atom stereocenters. The van der Waals surface area contributed by atoms with Crippen LogP contribution in [-0.2, 0) is 5.41 Å². The molecule has 0 amide bonds. The van der Waals surface area contributed by atoms with Gasteiger partial charge in [0.05, 0.1) is 0 Å². The molecule has 18 heavy (non-hydrogen) atoms. The van der Waals surface area contributed by atoms with Crippen LogP contribution in [0.25, 0.3) is 0 Å². The van der Waals surface area contributed by atoms with Crippen LogP contribution in [0.1, 0.15) is 44.1 Å². The summed E-state index contributed by atoms with van der Waals surface area (Å²) in [6, 6.07) is 11.0. The Kier molecular flexibility index (Phi) is 3.36. The van der Waals surface area contributed by atoms with E-state index in [0.717, 1.165) is 12.3 Å². The van der Waals surface area contributed by atoms with Crippen LogP contribution in [0.15, 0.2) is 54.6 Å². The molecule has 2 aliphatic rings. The first-order chi connectivity index (χ1) is 8.89. The smallest absolute Gasteiger partial charge is 0.0314 e. The third-order valence-corrected chi connectivity index (χ3v) is 4.52. The van der Waals surface area contributed by atoms with Crippen molar-refractivity contribution in [2.75, 3.05) is 0 Å². The fourth-order valence-corrected chi connectivity index (χ4v) is 3.58. The first-order valence-corrected chi connectivity index (χ1v) is 7.30. The highest BCUT2D eigenvalue weighted by atomic mass is 14.4. The van der Waals surface area contributed by atoms with Gasteiger partial charge in [-0.3, -0.25) is 0 Å². The van der Waals surface area contributed by atoms with E-state index in [9.17, 15) is 0 Å². The van der Waals surface area contributed by atoms with Gasteiger partial charge in [0.1, 0.15) is 0 Å². The maximum absolute atomic E-state index is 2.45. The number of hydrogen-bond donors (Lipinski definition) is 0. The van der Waals surface area contributed by atoms with E-state index in [4.69, 9.17) is 0 Å². The fourth-order valence-electron chi connectivity index (χ4n) is 3.58. The van der Waals surface area contributed by atoms with Crippen molar-refractivity contribution in [3.63, 3.8) is 0 Å². The van der Waals surface area contributed by atoms with E-state index in [-0.39, 0.29) is 5.41 Å². The van der Waals surface area contributed by atoms with E-state index >= 15 is 0 Å². The van der Waals surface area contributed by atoms with Gasteiger partial charge in [-0.25, -0.2) is 0 Å². The molecule has 0 aliphatic heterocycles. The number of rotatable bonds is 3. The van der Waals surface area contributed by atoms with Crippen molar-refractivity contribution in [3.05, 3.63) is 60.2 Å². The lowest BCUT2D eigenvalue weighted by Crippen LogP contribution is -2.25. The topological polar surface area (TPSA) is 0 Å². The summed E-state index contributed by atoms with van der Waals surface area (Å²) >= 11 is 0. The van der Waals surface area contributed by atoms with Crippen molar-refractivity contribution in [1.29, 1.82) is 0 Å². The Hall–Kier alpha value is -1.30. The highest BCUT2D eigenvalue weighted by Crippen LogP contribution is 2.41. The van der Waals surface area contributed by atoms with Crippen LogP contribution < -0.4 is 0 Å². The maximum atomic E-state index is 2.45. The zero-order valence-electron chi connectivity index (χ0n) is 11.0. The van der Waals surface area contributed by atoms with Crippen LogP contribution in [0.3, 0.4) is 0 Å². The summed E-state index contributed by atoms with van der Waals surface area (Å²) in [5.41, 5.74) is 1.64.